The number of hydrogen-bond acceptors (Lipinski definition) is 7. The van der Waals surface area contributed by atoms with Crippen molar-refractivity contribution in [2.75, 3.05) is 24.2 Å². The van der Waals surface area contributed by atoms with Gasteiger partial charge in [-0.1, -0.05) is 0 Å². The molecule has 0 aliphatic carbocycles. The fraction of sp³-hybridized carbons (Fsp3) is 0.333. The molecule has 0 amide bonds. The van der Waals surface area contributed by atoms with Gasteiger partial charge in [0.05, 0.1) is 12.7 Å². The van der Waals surface area contributed by atoms with Crippen LogP contribution in [-0.2, 0) is 0 Å². The molecule has 0 aromatic carbocycles. The van der Waals surface area contributed by atoms with E-state index in [1.807, 2.05) is 23.8 Å². The van der Waals surface area contributed by atoms with Crippen LogP contribution in [0.1, 0.15) is 18.6 Å². The molecule has 0 aliphatic heterocycles. The lowest BCUT2D eigenvalue weighted by atomic mass is 10.2. The van der Waals surface area contributed by atoms with E-state index in [2.05, 4.69) is 15.3 Å². The fourth-order valence-electron chi connectivity index (χ4n) is 1.55. The lowest BCUT2D eigenvalue weighted by Crippen LogP contribution is -2.14. The summed E-state index contributed by atoms with van der Waals surface area (Å²) >= 11 is 1.54. The van der Waals surface area contributed by atoms with Crippen LogP contribution in [0.4, 0.5) is 11.5 Å². The maximum atomic E-state index is 9.96. The van der Waals surface area contributed by atoms with Crippen molar-refractivity contribution in [1.29, 1.82) is 0 Å². The lowest BCUT2D eigenvalue weighted by molar-refractivity contribution is 0.192. The number of anilines is 2. The predicted molar refractivity (Wildman–Crippen MR) is 75.4 cm³/mol. The van der Waals surface area contributed by atoms with Crippen molar-refractivity contribution >= 4 is 22.8 Å². The van der Waals surface area contributed by atoms with Gasteiger partial charge < -0.3 is 20.9 Å². The summed E-state index contributed by atoms with van der Waals surface area (Å²) in [4.78, 5) is 7.99. The molecule has 2 aromatic rings. The van der Waals surface area contributed by atoms with Crippen LogP contribution >= 0.6 is 11.3 Å². The Balaban J connectivity index is 2.01. The second kappa shape index (κ2) is 6.35. The van der Waals surface area contributed by atoms with Crippen LogP contribution in [0, 0.1) is 0 Å². The highest BCUT2D eigenvalue weighted by atomic mass is 32.1. The number of hydrogen-bond donors (Lipinski definition) is 3. The van der Waals surface area contributed by atoms with E-state index < -0.39 is 6.10 Å². The van der Waals surface area contributed by atoms with E-state index >= 15 is 0 Å². The Bertz CT molecular complexity index is 518. The molecule has 4 N–H and O–H groups in total. The average Bonchev–Trinajstić information content (AvgIpc) is 2.94. The first-order chi connectivity index (χ1) is 9.22. The molecule has 2 aromatic heterocycles. The highest BCUT2D eigenvalue weighted by Crippen LogP contribution is 2.25. The van der Waals surface area contributed by atoms with E-state index in [-0.39, 0.29) is 0 Å². The second-order valence-corrected chi connectivity index (χ2v) is 4.61. The van der Waals surface area contributed by atoms with Gasteiger partial charge in [0.2, 0.25) is 5.88 Å². The molecule has 0 radical (unpaired) electrons. The van der Waals surface area contributed by atoms with E-state index in [4.69, 9.17) is 10.5 Å². The number of thiophene rings is 1. The Morgan fingerprint density at radius 1 is 1.53 bits per heavy atom. The van der Waals surface area contributed by atoms with E-state index in [1.54, 1.807) is 11.3 Å². The van der Waals surface area contributed by atoms with Crippen LogP contribution in [0.3, 0.4) is 0 Å². The summed E-state index contributed by atoms with van der Waals surface area (Å²) in [6.45, 7) is 2.66. The minimum atomic E-state index is -0.601. The Labute approximate surface area is 115 Å². The first kappa shape index (κ1) is 13.6. The molecule has 2 heterocycles. The third-order valence-electron chi connectivity index (χ3n) is 2.52. The van der Waals surface area contributed by atoms with Crippen LogP contribution < -0.4 is 15.8 Å². The molecule has 1 unspecified atom stereocenters. The minimum Gasteiger partial charge on any atom is -0.476 e. The van der Waals surface area contributed by atoms with Gasteiger partial charge in [0, 0.05) is 6.54 Å². The van der Waals surface area contributed by atoms with Crippen molar-refractivity contribution in [3.8, 4) is 5.88 Å². The monoisotopic (exact) mass is 280 g/mol. The lowest BCUT2D eigenvalue weighted by Gasteiger charge is -2.13. The van der Waals surface area contributed by atoms with Crippen molar-refractivity contribution in [2.24, 2.45) is 0 Å². The largest absolute Gasteiger partial charge is 0.476 e. The summed E-state index contributed by atoms with van der Waals surface area (Å²) < 4.78 is 5.28. The number of rotatable bonds is 6. The summed E-state index contributed by atoms with van der Waals surface area (Å²) in [6.07, 6.45) is 0.775. The Hall–Kier alpha value is -1.86. The molecule has 0 fully saturated rings. The number of nitrogen functional groups attached to an aromatic ring is 1. The molecular formula is C12H16N4O2S. The molecular weight excluding hydrogens is 264 g/mol. The van der Waals surface area contributed by atoms with E-state index in [9.17, 15) is 5.11 Å². The Morgan fingerprint density at radius 3 is 3.05 bits per heavy atom. The van der Waals surface area contributed by atoms with Crippen molar-refractivity contribution in [2.45, 2.75) is 13.0 Å². The third kappa shape index (κ3) is 3.33. The molecule has 0 saturated heterocycles. The van der Waals surface area contributed by atoms with E-state index in [1.165, 1.54) is 6.33 Å². The van der Waals surface area contributed by atoms with Crippen LogP contribution in [-0.4, -0.2) is 28.2 Å². The normalized spacial score (nSPS) is 12.1. The zero-order valence-electron chi connectivity index (χ0n) is 10.5. The second-order valence-electron chi connectivity index (χ2n) is 3.83. The maximum Gasteiger partial charge on any atom is 0.242 e. The Kier molecular flexibility index (Phi) is 4.53. The standard InChI is InChI=1S/C12H16N4O2S/c1-2-18-12-10(13)11(15-7-16-12)14-5-9(17)8-3-4-19-6-8/h3-4,6-7,9,17H,2,5,13H2,1H3,(H,14,15,16). The van der Waals surface area contributed by atoms with Gasteiger partial charge >= 0.3 is 0 Å². The van der Waals surface area contributed by atoms with Crippen LogP contribution in [0.5, 0.6) is 5.88 Å². The molecule has 6 nitrogen and oxygen atoms in total. The molecule has 7 heteroatoms. The molecule has 19 heavy (non-hydrogen) atoms. The summed E-state index contributed by atoms with van der Waals surface area (Å²) in [6, 6.07) is 1.88. The number of nitrogens with one attached hydrogen (secondary N) is 1. The first-order valence-corrected chi connectivity index (χ1v) is 6.84. The van der Waals surface area contributed by atoms with Crippen molar-refractivity contribution in [3.63, 3.8) is 0 Å². The molecule has 1 atom stereocenters. The van der Waals surface area contributed by atoms with Gasteiger partial charge in [0.1, 0.15) is 12.0 Å². The molecule has 0 spiro atoms. The van der Waals surface area contributed by atoms with Gasteiger partial charge in [-0.3, -0.25) is 0 Å². The maximum absolute atomic E-state index is 9.96. The summed E-state index contributed by atoms with van der Waals surface area (Å²) in [5.74, 6) is 0.817. The number of aliphatic hydroxyl groups excluding tert-OH is 1. The Morgan fingerprint density at radius 2 is 2.37 bits per heavy atom. The molecule has 102 valence electrons. The highest BCUT2D eigenvalue weighted by molar-refractivity contribution is 7.07. The topological polar surface area (TPSA) is 93.3 Å². The van der Waals surface area contributed by atoms with Crippen molar-refractivity contribution < 1.29 is 9.84 Å². The van der Waals surface area contributed by atoms with Gasteiger partial charge in [-0.15, -0.1) is 0 Å². The first-order valence-electron chi connectivity index (χ1n) is 5.89. The predicted octanol–water partition coefficient (Wildman–Crippen LogP) is 1.66. The van der Waals surface area contributed by atoms with E-state index in [0.717, 1.165) is 5.56 Å². The molecule has 0 saturated carbocycles. The highest BCUT2D eigenvalue weighted by Gasteiger charge is 2.12. The summed E-state index contributed by atoms with van der Waals surface area (Å²) in [7, 11) is 0. The van der Waals surface area contributed by atoms with Crippen molar-refractivity contribution in [1.82, 2.24) is 9.97 Å². The molecule has 2 rings (SSSR count). The van der Waals surface area contributed by atoms with Gasteiger partial charge in [-0.05, 0) is 29.3 Å². The smallest absolute Gasteiger partial charge is 0.242 e. The number of nitrogens with zero attached hydrogens (tertiary/aromatic N) is 2. The number of aliphatic hydroxyl groups is 1. The SMILES string of the molecule is CCOc1ncnc(NCC(O)c2ccsc2)c1N. The third-order valence-corrected chi connectivity index (χ3v) is 3.22. The zero-order chi connectivity index (χ0) is 13.7. The van der Waals surface area contributed by atoms with E-state index in [0.29, 0.717) is 30.5 Å². The quantitative estimate of drug-likeness (QED) is 0.745. The number of ether oxygens (including phenoxy) is 1. The van der Waals surface area contributed by atoms with Gasteiger partial charge in [-0.2, -0.15) is 16.3 Å². The zero-order valence-corrected chi connectivity index (χ0v) is 11.4. The van der Waals surface area contributed by atoms with Crippen molar-refractivity contribution in [3.05, 3.63) is 28.7 Å². The van der Waals surface area contributed by atoms with Gasteiger partial charge in [-0.25, -0.2) is 4.98 Å². The van der Waals surface area contributed by atoms with Crippen LogP contribution in [0.15, 0.2) is 23.2 Å². The summed E-state index contributed by atoms with van der Waals surface area (Å²) in [5.41, 5.74) is 7.10. The number of nitrogens with two attached hydrogens (primary N) is 1. The number of aromatic nitrogens is 2. The molecule has 0 bridgehead atoms. The fourth-order valence-corrected chi connectivity index (χ4v) is 2.25. The van der Waals surface area contributed by atoms with Crippen LogP contribution in [0.2, 0.25) is 0 Å². The van der Waals surface area contributed by atoms with Gasteiger partial charge in [0.25, 0.3) is 0 Å². The van der Waals surface area contributed by atoms with Crippen LogP contribution in [0.25, 0.3) is 0 Å². The molecule has 0 aliphatic rings. The minimum absolute atomic E-state index is 0.323. The average molecular weight is 280 g/mol. The van der Waals surface area contributed by atoms with Gasteiger partial charge in [0.15, 0.2) is 5.82 Å². The summed E-state index contributed by atoms with van der Waals surface area (Å²) in [5, 5.41) is 16.8.